The molecule has 50 heavy (non-hydrogen) atoms. The molecular weight excluding hydrogens is 697 g/mol. The number of hydrogen-bond donors (Lipinski definition) is 3. The summed E-state index contributed by atoms with van der Waals surface area (Å²) in [5, 5.41) is 11.0. The molecule has 2 aliphatic rings. The van der Waals surface area contributed by atoms with E-state index in [9.17, 15) is 19.2 Å². The highest BCUT2D eigenvalue weighted by molar-refractivity contribution is 6.42. The zero-order chi connectivity index (χ0) is 35.6. The zero-order valence-corrected chi connectivity index (χ0v) is 30.5. The van der Waals surface area contributed by atoms with Gasteiger partial charge in [-0.3, -0.25) is 19.2 Å². The number of rotatable bonds is 4. The van der Waals surface area contributed by atoms with E-state index >= 15 is 0 Å². The van der Waals surface area contributed by atoms with Crippen LogP contribution in [-0.4, -0.2) is 73.3 Å². The van der Waals surface area contributed by atoms with E-state index in [0.29, 0.717) is 59.5 Å². The molecule has 0 aliphatic carbocycles. The summed E-state index contributed by atoms with van der Waals surface area (Å²) in [6.07, 6.45) is 4.72. The van der Waals surface area contributed by atoms with Gasteiger partial charge in [-0.15, -0.1) is 0 Å². The molecule has 3 atom stereocenters. The zero-order valence-electron chi connectivity index (χ0n) is 28.2. The summed E-state index contributed by atoms with van der Waals surface area (Å²) in [5.74, 6) is -1.10. The van der Waals surface area contributed by atoms with Gasteiger partial charge >= 0.3 is 0 Å². The Morgan fingerprint density at radius 2 is 1.50 bits per heavy atom. The van der Waals surface area contributed by atoms with E-state index in [1.165, 1.54) is 4.90 Å². The lowest BCUT2D eigenvalue weighted by molar-refractivity contribution is -0.131. The Kier molecular flexibility index (Phi) is 13.6. The molecule has 12 heteroatoms. The number of carbonyl (C=O) groups is 4. The number of para-hydroxylation sites is 1. The summed E-state index contributed by atoms with van der Waals surface area (Å²) >= 11 is 18.5. The number of nitrogens with one attached hydrogen (secondary N) is 3. The molecule has 0 unspecified atom stereocenters. The summed E-state index contributed by atoms with van der Waals surface area (Å²) < 4.78 is 0. The molecular formula is C38H44Cl3N5O4. The third kappa shape index (κ3) is 10.7. The molecule has 4 amide bonds. The van der Waals surface area contributed by atoms with Gasteiger partial charge in [0.2, 0.25) is 23.6 Å². The fourth-order valence-electron chi connectivity index (χ4n) is 6.60. The van der Waals surface area contributed by atoms with Gasteiger partial charge in [-0.1, -0.05) is 77.6 Å². The lowest BCUT2D eigenvalue weighted by Crippen LogP contribution is -2.52. The Hall–Kier alpha value is -3.63. The van der Waals surface area contributed by atoms with Gasteiger partial charge in [-0.2, -0.15) is 0 Å². The summed E-state index contributed by atoms with van der Waals surface area (Å²) in [6, 6.07) is 18.8. The SMILES string of the molecule is CN1CCCCCN[C@@H](Cc2ccc(Cl)cc2)CC(=O)N[C@H]2CCc3ccccc3N(CC(=O)N[C@H](Cc3ccc(Cl)c(Cl)c3)CC1=O)C2=O. The first-order valence-electron chi connectivity index (χ1n) is 17.2. The highest BCUT2D eigenvalue weighted by Gasteiger charge is 2.33. The van der Waals surface area contributed by atoms with Gasteiger partial charge in [0.05, 0.1) is 10.0 Å². The largest absolute Gasteiger partial charge is 0.351 e. The lowest BCUT2D eigenvalue weighted by atomic mass is 10.0. The van der Waals surface area contributed by atoms with Gasteiger partial charge in [-0.05, 0) is 92.1 Å². The van der Waals surface area contributed by atoms with Crippen LogP contribution in [0.25, 0.3) is 0 Å². The number of halogens is 3. The molecule has 1 saturated heterocycles. The van der Waals surface area contributed by atoms with Crippen molar-refractivity contribution in [2.24, 2.45) is 0 Å². The van der Waals surface area contributed by atoms with Crippen molar-refractivity contribution in [3.63, 3.8) is 0 Å². The monoisotopic (exact) mass is 739 g/mol. The van der Waals surface area contributed by atoms with E-state index in [-0.39, 0.29) is 43.1 Å². The van der Waals surface area contributed by atoms with Crippen molar-refractivity contribution in [1.29, 1.82) is 0 Å². The lowest BCUT2D eigenvalue weighted by Gasteiger charge is -2.28. The van der Waals surface area contributed by atoms with Crippen molar-refractivity contribution in [3.05, 3.63) is 98.5 Å². The molecule has 0 saturated carbocycles. The maximum absolute atomic E-state index is 14.1. The Balaban J connectivity index is 1.39. The van der Waals surface area contributed by atoms with Crippen LogP contribution in [0.15, 0.2) is 66.7 Å². The van der Waals surface area contributed by atoms with Gasteiger partial charge in [-0.25, -0.2) is 0 Å². The van der Waals surface area contributed by atoms with E-state index < -0.39 is 18.0 Å². The van der Waals surface area contributed by atoms with Crippen molar-refractivity contribution in [2.75, 3.05) is 31.6 Å². The van der Waals surface area contributed by atoms with Gasteiger partial charge in [0.1, 0.15) is 12.6 Å². The smallest absolute Gasteiger partial charge is 0.250 e. The Morgan fingerprint density at radius 1 is 0.760 bits per heavy atom. The molecule has 0 radical (unpaired) electrons. The number of nitrogens with zero attached hydrogens (tertiary/aromatic N) is 2. The molecule has 9 nitrogen and oxygen atoms in total. The molecule has 0 spiro atoms. The second-order valence-corrected chi connectivity index (χ2v) is 14.4. The minimum Gasteiger partial charge on any atom is -0.351 e. The van der Waals surface area contributed by atoms with Crippen molar-refractivity contribution < 1.29 is 19.2 Å². The minimum atomic E-state index is -0.813. The molecule has 3 N–H and O–H groups in total. The molecule has 5 rings (SSSR count). The molecule has 1 fully saturated rings. The molecule has 0 aromatic heterocycles. The number of carbonyl (C=O) groups excluding carboxylic acids is 4. The van der Waals surface area contributed by atoms with E-state index in [1.807, 2.05) is 54.6 Å². The van der Waals surface area contributed by atoms with Crippen LogP contribution < -0.4 is 20.9 Å². The Labute approximate surface area is 309 Å². The molecule has 2 heterocycles. The van der Waals surface area contributed by atoms with Crippen molar-refractivity contribution in [1.82, 2.24) is 20.9 Å². The second kappa shape index (κ2) is 18.0. The fraction of sp³-hybridized carbons (Fsp3) is 0.421. The van der Waals surface area contributed by atoms with E-state index in [1.54, 1.807) is 24.1 Å². The molecule has 3 aromatic carbocycles. The molecule has 3 aromatic rings. The van der Waals surface area contributed by atoms with Crippen LogP contribution in [0.2, 0.25) is 15.1 Å². The van der Waals surface area contributed by atoms with Crippen LogP contribution in [0, 0.1) is 0 Å². The first kappa shape index (κ1) is 37.6. The van der Waals surface area contributed by atoms with E-state index in [4.69, 9.17) is 34.8 Å². The second-order valence-electron chi connectivity index (χ2n) is 13.2. The van der Waals surface area contributed by atoms with E-state index in [0.717, 1.165) is 36.0 Å². The predicted octanol–water partition coefficient (Wildman–Crippen LogP) is 5.76. The minimum absolute atomic E-state index is 0.0691. The summed E-state index contributed by atoms with van der Waals surface area (Å²) in [7, 11) is 1.78. The van der Waals surface area contributed by atoms with Crippen molar-refractivity contribution in [2.45, 2.75) is 75.9 Å². The average Bonchev–Trinajstić information content (AvgIpc) is 3.20. The summed E-state index contributed by atoms with van der Waals surface area (Å²) in [4.78, 5) is 58.0. The highest BCUT2D eigenvalue weighted by atomic mass is 35.5. The number of hydrogen-bond acceptors (Lipinski definition) is 5. The van der Waals surface area contributed by atoms with E-state index in [2.05, 4.69) is 16.0 Å². The van der Waals surface area contributed by atoms with Crippen molar-refractivity contribution in [3.8, 4) is 0 Å². The van der Waals surface area contributed by atoms with Crippen LogP contribution in [0.1, 0.15) is 55.2 Å². The van der Waals surface area contributed by atoms with Gasteiger partial charge in [0.15, 0.2) is 0 Å². The number of fused-ring (bicyclic) bond motifs is 4. The maximum Gasteiger partial charge on any atom is 0.250 e. The normalized spacial score (nSPS) is 21.9. The maximum atomic E-state index is 14.1. The Morgan fingerprint density at radius 3 is 2.28 bits per heavy atom. The van der Waals surface area contributed by atoms with Crippen LogP contribution in [0.3, 0.4) is 0 Å². The van der Waals surface area contributed by atoms with Crippen molar-refractivity contribution >= 4 is 64.1 Å². The third-order valence-electron chi connectivity index (χ3n) is 9.29. The standard InChI is InChI=1S/C38H44Cl3N5O4/c1-45-18-6-2-5-17-42-29(19-25-9-13-28(39)14-10-25)22-35(47)44-33-16-12-27-7-3-4-8-34(27)46(38(33)50)24-36(48)43-30(23-37(45)49)20-26-11-15-31(40)32(41)21-26/h3-4,7-11,13-15,21,29-30,33,42H,2,5-6,12,16-20,22-24H2,1H3,(H,43,48)(H,44,47)/t29-,30+,33-/m0/s1. The van der Waals surface area contributed by atoms with Crippen LogP contribution in [-0.2, 0) is 38.4 Å². The van der Waals surface area contributed by atoms with Gasteiger partial charge < -0.3 is 25.8 Å². The summed E-state index contributed by atoms with van der Waals surface area (Å²) in [5.41, 5.74) is 3.40. The first-order chi connectivity index (χ1) is 24.0. The van der Waals surface area contributed by atoms with Crippen LogP contribution in [0.5, 0.6) is 0 Å². The topological polar surface area (TPSA) is 111 Å². The fourth-order valence-corrected chi connectivity index (χ4v) is 7.05. The van der Waals surface area contributed by atoms with Gasteiger partial charge in [0.25, 0.3) is 0 Å². The molecule has 2 bridgehead atoms. The van der Waals surface area contributed by atoms with Crippen LogP contribution in [0.4, 0.5) is 5.69 Å². The Bertz CT molecular complexity index is 1670. The number of aryl methyl sites for hydroxylation is 1. The molecule has 2 aliphatic heterocycles. The highest BCUT2D eigenvalue weighted by Crippen LogP contribution is 2.28. The average molecular weight is 741 g/mol. The number of benzene rings is 3. The molecule has 266 valence electrons. The number of anilines is 1. The third-order valence-corrected chi connectivity index (χ3v) is 10.3. The quantitative estimate of drug-likeness (QED) is 0.315. The summed E-state index contributed by atoms with van der Waals surface area (Å²) in [6.45, 7) is 1.00. The van der Waals surface area contributed by atoms with Gasteiger partial charge in [0, 0.05) is 49.2 Å². The van der Waals surface area contributed by atoms with Crippen LogP contribution >= 0.6 is 34.8 Å². The first-order valence-corrected chi connectivity index (χ1v) is 18.3. The predicted molar refractivity (Wildman–Crippen MR) is 199 cm³/mol. The number of amides is 4.